The molecule has 0 unspecified atom stereocenters. The molecule has 0 fully saturated rings. The standard InChI is InChI=1S/C14H20O/c1-4-12-6-5-7-13-8-11(10(2)15)9-14(12,13)3/h5,7,9,12-13H,4,6,8H2,1-3H3/t12-,13+,14+/m1/s1. The zero-order valence-electron chi connectivity index (χ0n) is 9.92. The Balaban J connectivity index is 2.34. The van der Waals surface area contributed by atoms with E-state index in [-0.39, 0.29) is 11.2 Å². The van der Waals surface area contributed by atoms with Gasteiger partial charge in [-0.3, -0.25) is 4.79 Å². The highest BCUT2D eigenvalue weighted by atomic mass is 16.1. The third kappa shape index (κ3) is 1.58. The second-order valence-corrected chi connectivity index (χ2v) is 5.17. The molecular weight excluding hydrogens is 184 g/mol. The van der Waals surface area contributed by atoms with Gasteiger partial charge >= 0.3 is 0 Å². The minimum Gasteiger partial charge on any atom is -0.295 e. The van der Waals surface area contributed by atoms with E-state index in [0.717, 1.165) is 12.0 Å². The molecule has 0 N–H and O–H groups in total. The van der Waals surface area contributed by atoms with Gasteiger partial charge in [-0.15, -0.1) is 0 Å². The molecule has 0 bridgehead atoms. The Hall–Kier alpha value is -0.850. The summed E-state index contributed by atoms with van der Waals surface area (Å²) in [6.45, 7) is 6.27. The summed E-state index contributed by atoms with van der Waals surface area (Å²) in [6, 6.07) is 0. The maximum atomic E-state index is 11.4. The van der Waals surface area contributed by atoms with Crippen molar-refractivity contribution in [3.63, 3.8) is 0 Å². The summed E-state index contributed by atoms with van der Waals surface area (Å²) in [5, 5.41) is 0. The smallest absolute Gasteiger partial charge is 0.155 e. The van der Waals surface area contributed by atoms with Gasteiger partial charge in [0, 0.05) is 0 Å². The van der Waals surface area contributed by atoms with Gasteiger partial charge in [0.15, 0.2) is 5.78 Å². The average Bonchev–Trinajstić information content (AvgIpc) is 2.54. The molecule has 0 radical (unpaired) electrons. The fourth-order valence-corrected chi connectivity index (χ4v) is 3.21. The molecule has 2 rings (SSSR count). The average molecular weight is 204 g/mol. The number of carbonyl (C=O) groups is 1. The van der Waals surface area contributed by atoms with Crippen LogP contribution in [0.25, 0.3) is 0 Å². The maximum absolute atomic E-state index is 11.4. The first-order valence-corrected chi connectivity index (χ1v) is 5.97. The van der Waals surface area contributed by atoms with Crippen LogP contribution in [0.4, 0.5) is 0 Å². The van der Waals surface area contributed by atoms with Gasteiger partial charge in [-0.25, -0.2) is 0 Å². The lowest BCUT2D eigenvalue weighted by molar-refractivity contribution is -0.113. The molecule has 0 heterocycles. The first-order chi connectivity index (χ1) is 7.08. The normalized spacial score (nSPS) is 38.7. The van der Waals surface area contributed by atoms with Crippen molar-refractivity contribution in [2.75, 3.05) is 0 Å². The predicted molar refractivity (Wildman–Crippen MR) is 62.5 cm³/mol. The van der Waals surface area contributed by atoms with E-state index in [9.17, 15) is 4.79 Å². The van der Waals surface area contributed by atoms with Crippen LogP contribution in [0, 0.1) is 17.3 Å². The van der Waals surface area contributed by atoms with E-state index < -0.39 is 0 Å². The fraction of sp³-hybridized carbons (Fsp3) is 0.643. The van der Waals surface area contributed by atoms with Gasteiger partial charge in [0.25, 0.3) is 0 Å². The quantitative estimate of drug-likeness (QED) is 0.629. The Morgan fingerprint density at radius 3 is 2.93 bits per heavy atom. The van der Waals surface area contributed by atoms with Crippen molar-refractivity contribution in [3.05, 3.63) is 23.8 Å². The lowest BCUT2D eigenvalue weighted by atomic mass is 9.65. The molecule has 0 saturated heterocycles. The number of hydrogen-bond donors (Lipinski definition) is 0. The molecule has 15 heavy (non-hydrogen) atoms. The zero-order chi connectivity index (χ0) is 11.1. The molecule has 82 valence electrons. The molecule has 0 saturated carbocycles. The van der Waals surface area contributed by atoms with Crippen LogP contribution in [0.15, 0.2) is 23.8 Å². The Labute approximate surface area is 92.3 Å². The molecule has 2 aliphatic carbocycles. The van der Waals surface area contributed by atoms with Gasteiger partial charge in [0.05, 0.1) is 0 Å². The second kappa shape index (κ2) is 3.62. The maximum Gasteiger partial charge on any atom is 0.155 e. The molecule has 0 aromatic heterocycles. The largest absolute Gasteiger partial charge is 0.295 e. The van der Waals surface area contributed by atoms with E-state index in [1.165, 1.54) is 12.8 Å². The SMILES string of the molecule is CC[C@@H]1CC=C[C@H]2CC(C(C)=O)=C[C@@]12C. The third-order valence-corrected chi connectivity index (χ3v) is 4.34. The van der Waals surface area contributed by atoms with Gasteiger partial charge in [0.2, 0.25) is 0 Å². The molecule has 0 spiro atoms. The van der Waals surface area contributed by atoms with E-state index in [4.69, 9.17) is 0 Å². The minimum atomic E-state index is 0.241. The Kier molecular flexibility index (Phi) is 2.57. The number of ketones is 1. The summed E-state index contributed by atoms with van der Waals surface area (Å²) in [6.07, 6.45) is 10.2. The summed E-state index contributed by atoms with van der Waals surface area (Å²) in [4.78, 5) is 11.4. The molecule has 0 aliphatic heterocycles. The molecular formula is C14H20O. The summed E-state index contributed by atoms with van der Waals surface area (Å²) in [5.74, 6) is 1.54. The molecule has 0 amide bonds. The molecule has 0 aromatic carbocycles. The lowest BCUT2D eigenvalue weighted by Crippen LogP contribution is -2.31. The van der Waals surface area contributed by atoms with E-state index in [2.05, 4.69) is 32.1 Å². The van der Waals surface area contributed by atoms with Crippen molar-refractivity contribution in [1.29, 1.82) is 0 Å². The van der Waals surface area contributed by atoms with Crippen molar-refractivity contribution in [3.8, 4) is 0 Å². The fourth-order valence-electron chi connectivity index (χ4n) is 3.21. The molecule has 1 nitrogen and oxygen atoms in total. The van der Waals surface area contributed by atoms with Crippen molar-refractivity contribution >= 4 is 5.78 Å². The molecule has 0 aromatic rings. The Morgan fingerprint density at radius 2 is 2.33 bits per heavy atom. The number of allylic oxidation sites excluding steroid dienone is 4. The molecule has 3 atom stereocenters. The number of Topliss-reactive ketones (excluding diaryl/α,β-unsaturated/α-hetero) is 1. The molecule has 1 heteroatoms. The third-order valence-electron chi connectivity index (χ3n) is 4.34. The van der Waals surface area contributed by atoms with Gasteiger partial charge in [-0.1, -0.05) is 38.5 Å². The van der Waals surface area contributed by atoms with Crippen LogP contribution >= 0.6 is 0 Å². The second-order valence-electron chi connectivity index (χ2n) is 5.17. The van der Waals surface area contributed by atoms with E-state index in [1.807, 2.05) is 0 Å². The van der Waals surface area contributed by atoms with Gasteiger partial charge in [0.1, 0.15) is 0 Å². The van der Waals surface area contributed by atoms with Crippen molar-refractivity contribution < 1.29 is 4.79 Å². The summed E-state index contributed by atoms with van der Waals surface area (Å²) >= 11 is 0. The summed E-state index contributed by atoms with van der Waals surface area (Å²) in [5.41, 5.74) is 1.29. The summed E-state index contributed by atoms with van der Waals surface area (Å²) < 4.78 is 0. The van der Waals surface area contributed by atoms with Crippen LogP contribution in [-0.4, -0.2) is 5.78 Å². The number of carbonyl (C=O) groups excluding carboxylic acids is 1. The van der Waals surface area contributed by atoms with Crippen LogP contribution in [0.5, 0.6) is 0 Å². The van der Waals surface area contributed by atoms with Crippen molar-refractivity contribution in [1.82, 2.24) is 0 Å². The predicted octanol–water partition coefficient (Wildman–Crippen LogP) is 3.51. The number of fused-ring (bicyclic) bond motifs is 1. The number of hydrogen-bond acceptors (Lipinski definition) is 1. The van der Waals surface area contributed by atoms with Crippen LogP contribution in [0.2, 0.25) is 0 Å². The van der Waals surface area contributed by atoms with Crippen LogP contribution in [-0.2, 0) is 4.79 Å². The van der Waals surface area contributed by atoms with Crippen LogP contribution < -0.4 is 0 Å². The molecule has 2 aliphatic rings. The highest BCUT2D eigenvalue weighted by Gasteiger charge is 2.43. The number of rotatable bonds is 2. The van der Waals surface area contributed by atoms with Crippen molar-refractivity contribution in [2.24, 2.45) is 17.3 Å². The lowest BCUT2D eigenvalue weighted by Gasteiger charge is -2.39. The van der Waals surface area contributed by atoms with Crippen molar-refractivity contribution in [2.45, 2.75) is 40.0 Å². The zero-order valence-corrected chi connectivity index (χ0v) is 9.92. The highest BCUT2D eigenvalue weighted by molar-refractivity contribution is 5.94. The van der Waals surface area contributed by atoms with E-state index >= 15 is 0 Å². The Morgan fingerprint density at radius 1 is 1.60 bits per heavy atom. The highest BCUT2D eigenvalue weighted by Crippen LogP contribution is 2.52. The van der Waals surface area contributed by atoms with E-state index in [0.29, 0.717) is 11.8 Å². The first kappa shape index (κ1) is 10.7. The van der Waals surface area contributed by atoms with E-state index in [1.54, 1.807) is 6.92 Å². The topological polar surface area (TPSA) is 17.1 Å². The minimum absolute atomic E-state index is 0.241. The monoisotopic (exact) mass is 204 g/mol. The summed E-state index contributed by atoms with van der Waals surface area (Å²) in [7, 11) is 0. The van der Waals surface area contributed by atoms with Crippen LogP contribution in [0.3, 0.4) is 0 Å². The first-order valence-electron chi connectivity index (χ1n) is 5.97. The Bertz CT molecular complexity index is 337. The van der Waals surface area contributed by atoms with Gasteiger partial charge < -0.3 is 0 Å². The van der Waals surface area contributed by atoms with Gasteiger partial charge in [-0.2, -0.15) is 0 Å². The van der Waals surface area contributed by atoms with Gasteiger partial charge in [-0.05, 0) is 42.6 Å². The van der Waals surface area contributed by atoms with Crippen LogP contribution in [0.1, 0.15) is 40.0 Å².